The zero-order valence-electron chi connectivity index (χ0n) is 10.4. The Morgan fingerprint density at radius 1 is 1.38 bits per heavy atom. The van der Waals surface area contributed by atoms with E-state index in [0.717, 1.165) is 11.3 Å². The molecule has 0 aliphatic rings. The summed E-state index contributed by atoms with van der Waals surface area (Å²) in [6, 6.07) is 5.22. The number of ether oxygens (including phenoxy) is 1. The molecule has 0 saturated heterocycles. The number of carboxylic acids is 1. The van der Waals surface area contributed by atoms with Crippen molar-refractivity contribution in [3.8, 4) is 5.75 Å². The molecular formula is C13H9BrFNO4S. The molecule has 5 nitrogen and oxygen atoms in total. The number of nitrogens with one attached hydrogen (secondary N) is 1. The van der Waals surface area contributed by atoms with Crippen molar-refractivity contribution in [1.29, 1.82) is 0 Å². The minimum absolute atomic E-state index is 0.0244. The van der Waals surface area contributed by atoms with E-state index in [1.165, 1.54) is 24.3 Å². The third-order valence-corrected chi connectivity index (χ3v) is 3.85. The van der Waals surface area contributed by atoms with E-state index in [4.69, 9.17) is 9.84 Å². The van der Waals surface area contributed by atoms with E-state index in [-0.39, 0.29) is 17.2 Å². The van der Waals surface area contributed by atoms with Crippen molar-refractivity contribution in [2.24, 2.45) is 0 Å². The van der Waals surface area contributed by atoms with Gasteiger partial charge in [0.05, 0.1) is 10.0 Å². The summed E-state index contributed by atoms with van der Waals surface area (Å²) in [5.41, 5.74) is 0.0244. The van der Waals surface area contributed by atoms with E-state index in [1.54, 1.807) is 5.38 Å². The van der Waals surface area contributed by atoms with Crippen LogP contribution in [0.2, 0.25) is 0 Å². The largest absolute Gasteiger partial charge is 0.483 e. The lowest BCUT2D eigenvalue weighted by atomic mass is 10.3. The number of aromatic carboxylic acids is 1. The minimum atomic E-state index is -1.12. The van der Waals surface area contributed by atoms with Crippen LogP contribution in [0.15, 0.2) is 34.1 Å². The number of benzene rings is 1. The fourth-order valence-corrected chi connectivity index (χ4v) is 2.73. The van der Waals surface area contributed by atoms with E-state index in [1.807, 2.05) is 0 Å². The number of rotatable bonds is 5. The Morgan fingerprint density at radius 2 is 2.14 bits per heavy atom. The molecule has 2 aromatic rings. The first-order chi connectivity index (χ1) is 9.97. The number of carbonyl (C=O) groups excluding carboxylic acids is 1. The molecule has 1 amide bonds. The van der Waals surface area contributed by atoms with Crippen molar-refractivity contribution in [2.75, 3.05) is 11.9 Å². The van der Waals surface area contributed by atoms with Crippen LogP contribution >= 0.6 is 27.3 Å². The molecule has 8 heteroatoms. The van der Waals surface area contributed by atoms with Gasteiger partial charge in [0.15, 0.2) is 6.61 Å². The van der Waals surface area contributed by atoms with Crippen LogP contribution in [-0.2, 0) is 4.79 Å². The average molecular weight is 374 g/mol. The molecule has 0 bridgehead atoms. The fourth-order valence-electron chi connectivity index (χ4n) is 1.47. The Bertz CT molecular complexity index is 689. The fraction of sp³-hybridized carbons (Fsp3) is 0.0769. The van der Waals surface area contributed by atoms with Gasteiger partial charge in [-0.3, -0.25) is 4.79 Å². The maximum atomic E-state index is 12.9. The van der Waals surface area contributed by atoms with E-state index >= 15 is 0 Å². The number of anilines is 1. The first-order valence-corrected chi connectivity index (χ1v) is 7.33. The third kappa shape index (κ3) is 4.02. The maximum Gasteiger partial charge on any atom is 0.338 e. The van der Waals surface area contributed by atoms with Gasteiger partial charge in [-0.1, -0.05) is 0 Å². The highest BCUT2D eigenvalue weighted by atomic mass is 79.9. The van der Waals surface area contributed by atoms with Crippen molar-refractivity contribution in [1.82, 2.24) is 0 Å². The van der Waals surface area contributed by atoms with Crippen LogP contribution in [0.1, 0.15) is 10.4 Å². The zero-order chi connectivity index (χ0) is 15.4. The Labute approximate surface area is 131 Å². The van der Waals surface area contributed by atoms with Gasteiger partial charge >= 0.3 is 5.97 Å². The quantitative estimate of drug-likeness (QED) is 0.842. The molecule has 0 spiro atoms. The van der Waals surface area contributed by atoms with E-state index < -0.39 is 17.7 Å². The summed E-state index contributed by atoms with van der Waals surface area (Å²) in [6.45, 7) is -0.318. The van der Waals surface area contributed by atoms with E-state index in [2.05, 4.69) is 21.2 Å². The topological polar surface area (TPSA) is 75.6 Å². The molecule has 0 aliphatic heterocycles. The highest BCUT2D eigenvalue weighted by Crippen LogP contribution is 2.26. The second-order valence-corrected chi connectivity index (χ2v) is 5.65. The van der Waals surface area contributed by atoms with E-state index in [0.29, 0.717) is 10.2 Å². The van der Waals surface area contributed by atoms with Gasteiger partial charge in [-0.2, -0.15) is 0 Å². The lowest BCUT2D eigenvalue weighted by Gasteiger charge is -2.08. The van der Waals surface area contributed by atoms with Crippen LogP contribution < -0.4 is 10.1 Å². The third-order valence-electron chi connectivity index (χ3n) is 2.40. The predicted molar refractivity (Wildman–Crippen MR) is 79.5 cm³/mol. The number of hydrogen-bond acceptors (Lipinski definition) is 4. The van der Waals surface area contributed by atoms with Crippen molar-refractivity contribution in [2.45, 2.75) is 0 Å². The summed E-state index contributed by atoms with van der Waals surface area (Å²) in [5.74, 6) is -1.73. The van der Waals surface area contributed by atoms with Gasteiger partial charge in [0.2, 0.25) is 0 Å². The Hall–Kier alpha value is -1.93. The second kappa shape index (κ2) is 6.68. The number of amides is 1. The molecule has 0 saturated carbocycles. The molecule has 21 heavy (non-hydrogen) atoms. The number of carboxylic acid groups (broad SMARTS) is 1. The van der Waals surface area contributed by atoms with Crippen molar-refractivity contribution in [3.63, 3.8) is 0 Å². The number of thiophene rings is 1. The molecule has 2 N–H and O–H groups in total. The summed E-state index contributed by atoms with van der Waals surface area (Å²) in [6.07, 6.45) is 0. The maximum absolute atomic E-state index is 12.9. The second-order valence-electron chi connectivity index (χ2n) is 3.88. The first-order valence-electron chi connectivity index (χ1n) is 5.66. The number of carbonyl (C=O) groups is 2. The molecule has 2 rings (SSSR count). The van der Waals surface area contributed by atoms with Gasteiger partial charge in [0.25, 0.3) is 5.91 Å². The van der Waals surface area contributed by atoms with E-state index in [9.17, 15) is 14.0 Å². The molecule has 1 aromatic carbocycles. The summed E-state index contributed by atoms with van der Waals surface area (Å²) < 4.78 is 18.5. The summed E-state index contributed by atoms with van der Waals surface area (Å²) in [4.78, 5) is 22.6. The predicted octanol–water partition coefficient (Wildman–Crippen LogP) is 3.37. The minimum Gasteiger partial charge on any atom is -0.483 e. The van der Waals surface area contributed by atoms with Crippen LogP contribution in [0.3, 0.4) is 0 Å². The number of halogens is 2. The first kappa shape index (κ1) is 15.5. The highest BCUT2D eigenvalue weighted by Gasteiger charge is 2.14. The van der Waals surface area contributed by atoms with Gasteiger partial charge in [-0.25, -0.2) is 9.18 Å². The molecular weight excluding hydrogens is 365 g/mol. The van der Waals surface area contributed by atoms with Crippen LogP contribution in [-0.4, -0.2) is 23.6 Å². The number of hydrogen-bond donors (Lipinski definition) is 2. The lowest BCUT2D eigenvalue weighted by Crippen LogP contribution is -2.20. The zero-order valence-corrected chi connectivity index (χ0v) is 12.8. The van der Waals surface area contributed by atoms with Gasteiger partial charge in [-0.15, -0.1) is 11.3 Å². The average Bonchev–Trinajstić information content (AvgIpc) is 2.86. The van der Waals surface area contributed by atoms with Crippen molar-refractivity contribution < 1.29 is 23.8 Å². The van der Waals surface area contributed by atoms with Gasteiger partial charge in [-0.05, 0) is 45.6 Å². The smallest absolute Gasteiger partial charge is 0.338 e. The van der Waals surface area contributed by atoms with Crippen LogP contribution in [0.5, 0.6) is 5.75 Å². The van der Waals surface area contributed by atoms with Crippen molar-refractivity contribution >= 4 is 44.1 Å². The van der Waals surface area contributed by atoms with Gasteiger partial charge in [0, 0.05) is 0 Å². The molecule has 0 fully saturated rings. The molecule has 110 valence electrons. The summed E-state index contributed by atoms with van der Waals surface area (Å²) >= 11 is 4.22. The van der Waals surface area contributed by atoms with Gasteiger partial charge < -0.3 is 15.2 Å². The molecule has 0 atom stereocenters. The van der Waals surface area contributed by atoms with Crippen LogP contribution in [0, 0.1) is 5.82 Å². The molecule has 0 unspecified atom stereocenters. The Kier molecular flexibility index (Phi) is 4.92. The molecule has 0 aliphatic carbocycles. The standard InChI is InChI=1S/C13H9BrFNO4S/c14-9-5-7(15)1-2-10(9)20-6-11(17)16-12-8(13(18)19)3-4-21-12/h1-5H,6H2,(H,16,17)(H,18,19). The van der Waals surface area contributed by atoms with Gasteiger partial charge in [0.1, 0.15) is 16.6 Å². The lowest BCUT2D eigenvalue weighted by molar-refractivity contribution is -0.118. The summed E-state index contributed by atoms with van der Waals surface area (Å²) in [5, 5.41) is 13.2. The molecule has 0 radical (unpaired) electrons. The molecule has 1 heterocycles. The highest BCUT2D eigenvalue weighted by molar-refractivity contribution is 9.10. The monoisotopic (exact) mass is 373 g/mol. The Morgan fingerprint density at radius 3 is 2.81 bits per heavy atom. The normalized spacial score (nSPS) is 10.2. The SMILES string of the molecule is O=C(COc1ccc(F)cc1Br)Nc1sccc1C(=O)O. The van der Waals surface area contributed by atoms with Crippen LogP contribution in [0.4, 0.5) is 9.39 Å². The van der Waals surface area contributed by atoms with Crippen molar-refractivity contribution in [3.05, 3.63) is 45.5 Å². The molecule has 1 aromatic heterocycles. The summed E-state index contributed by atoms with van der Waals surface area (Å²) in [7, 11) is 0. The Balaban J connectivity index is 1.96. The van der Waals surface area contributed by atoms with Crippen LogP contribution in [0.25, 0.3) is 0 Å².